The fraction of sp³-hybridized carbons (Fsp3) is 0.263. The third kappa shape index (κ3) is 5.32. The summed E-state index contributed by atoms with van der Waals surface area (Å²) in [5, 5.41) is 5.44. The second-order valence-electron chi connectivity index (χ2n) is 5.77. The standard InChI is InChI=1S/C19H23N3O3/c1-20-19(24)15-9-6-14(7-10-15)8-11-18(23)21-13-16(22(2)3)17-5-4-12-25-17/h4-12,16H,13H2,1-3H3,(H,20,24)(H,21,23)/b11-8-/t16-/m1/s1. The average molecular weight is 341 g/mol. The molecule has 1 heterocycles. The van der Waals surface area contributed by atoms with Crippen molar-refractivity contribution in [1.29, 1.82) is 0 Å². The summed E-state index contributed by atoms with van der Waals surface area (Å²) in [6.45, 7) is 0.444. The Balaban J connectivity index is 1.91. The first-order chi connectivity index (χ1) is 12.0. The molecule has 2 rings (SSSR count). The third-order valence-corrected chi connectivity index (χ3v) is 3.79. The summed E-state index contributed by atoms with van der Waals surface area (Å²) in [6, 6.07) is 10.7. The van der Waals surface area contributed by atoms with Gasteiger partial charge < -0.3 is 15.1 Å². The Morgan fingerprint density at radius 2 is 1.92 bits per heavy atom. The highest BCUT2D eigenvalue weighted by molar-refractivity contribution is 5.94. The van der Waals surface area contributed by atoms with Crippen molar-refractivity contribution in [3.05, 3.63) is 65.6 Å². The van der Waals surface area contributed by atoms with Gasteiger partial charge in [0.15, 0.2) is 0 Å². The molecule has 2 aromatic rings. The maximum atomic E-state index is 12.0. The van der Waals surface area contributed by atoms with Crippen molar-refractivity contribution in [2.75, 3.05) is 27.7 Å². The van der Waals surface area contributed by atoms with E-state index < -0.39 is 0 Å². The predicted octanol–water partition coefficient (Wildman–Crippen LogP) is 2.07. The molecular formula is C19H23N3O3. The van der Waals surface area contributed by atoms with Gasteiger partial charge >= 0.3 is 0 Å². The van der Waals surface area contributed by atoms with Crippen molar-refractivity contribution in [3.63, 3.8) is 0 Å². The number of hydrogen-bond donors (Lipinski definition) is 2. The van der Waals surface area contributed by atoms with Crippen molar-refractivity contribution in [3.8, 4) is 0 Å². The zero-order valence-electron chi connectivity index (χ0n) is 14.7. The maximum absolute atomic E-state index is 12.0. The van der Waals surface area contributed by atoms with Crippen LogP contribution in [0.15, 0.2) is 53.2 Å². The quantitative estimate of drug-likeness (QED) is 0.756. The van der Waals surface area contributed by atoms with E-state index in [1.165, 1.54) is 6.08 Å². The van der Waals surface area contributed by atoms with Crippen LogP contribution in [0.2, 0.25) is 0 Å². The first-order valence-electron chi connectivity index (χ1n) is 7.99. The van der Waals surface area contributed by atoms with Crippen molar-refractivity contribution in [1.82, 2.24) is 15.5 Å². The van der Waals surface area contributed by atoms with Crippen LogP contribution in [0.3, 0.4) is 0 Å². The van der Waals surface area contributed by atoms with Crippen LogP contribution < -0.4 is 10.6 Å². The Morgan fingerprint density at radius 3 is 2.48 bits per heavy atom. The first kappa shape index (κ1) is 18.5. The molecule has 2 amide bonds. The van der Waals surface area contributed by atoms with Crippen molar-refractivity contribution in [2.24, 2.45) is 0 Å². The zero-order chi connectivity index (χ0) is 18.2. The van der Waals surface area contributed by atoms with E-state index in [0.29, 0.717) is 12.1 Å². The van der Waals surface area contributed by atoms with Crippen molar-refractivity contribution < 1.29 is 14.0 Å². The van der Waals surface area contributed by atoms with Crippen LogP contribution >= 0.6 is 0 Å². The molecule has 1 aromatic heterocycles. The summed E-state index contributed by atoms with van der Waals surface area (Å²) in [7, 11) is 5.45. The lowest BCUT2D eigenvalue weighted by atomic mass is 10.1. The van der Waals surface area contributed by atoms with E-state index in [2.05, 4.69) is 10.6 Å². The number of hydrogen-bond acceptors (Lipinski definition) is 4. The zero-order valence-corrected chi connectivity index (χ0v) is 14.7. The molecule has 6 heteroatoms. The molecule has 0 bridgehead atoms. The topological polar surface area (TPSA) is 74.6 Å². The van der Waals surface area contributed by atoms with Gasteiger partial charge in [0.1, 0.15) is 5.76 Å². The molecule has 132 valence electrons. The molecule has 0 aliphatic carbocycles. The van der Waals surface area contributed by atoms with Gasteiger partial charge in [0.25, 0.3) is 5.91 Å². The molecular weight excluding hydrogens is 318 g/mol. The highest BCUT2D eigenvalue weighted by Gasteiger charge is 2.17. The van der Waals surface area contributed by atoms with Crippen molar-refractivity contribution in [2.45, 2.75) is 6.04 Å². The highest BCUT2D eigenvalue weighted by Crippen LogP contribution is 2.17. The second-order valence-corrected chi connectivity index (χ2v) is 5.77. The Bertz CT molecular complexity index is 719. The summed E-state index contributed by atoms with van der Waals surface area (Å²) >= 11 is 0. The van der Waals surface area contributed by atoms with Crippen LogP contribution in [0.1, 0.15) is 27.7 Å². The molecule has 1 aromatic carbocycles. The lowest BCUT2D eigenvalue weighted by molar-refractivity contribution is -0.116. The summed E-state index contributed by atoms with van der Waals surface area (Å²) < 4.78 is 5.41. The molecule has 2 N–H and O–H groups in total. The van der Waals surface area contributed by atoms with Crippen LogP contribution in [0, 0.1) is 0 Å². The minimum Gasteiger partial charge on any atom is -0.468 e. The van der Waals surface area contributed by atoms with Gasteiger partial charge in [-0.25, -0.2) is 0 Å². The highest BCUT2D eigenvalue weighted by atomic mass is 16.3. The summed E-state index contributed by atoms with van der Waals surface area (Å²) in [5.74, 6) is 0.480. The van der Waals surface area contributed by atoms with E-state index in [0.717, 1.165) is 11.3 Å². The van der Waals surface area contributed by atoms with Gasteiger partial charge in [0.05, 0.1) is 12.3 Å². The van der Waals surface area contributed by atoms with Gasteiger partial charge in [-0.3, -0.25) is 14.5 Å². The third-order valence-electron chi connectivity index (χ3n) is 3.79. The van der Waals surface area contributed by atoms with Gasteiger partial charge in [-0.1, -0.05) is 12.1 Å². The molecule has 25 heavy (non-hydrogen) atoms. The Hall–Kier alpha value is -2.86. The van der Waals surface area contributed by atoms with Gasteiger partial charge in [-0.15, -0.1) is 0 Å². The fourth-order valence-corrected chi connectivity index (χ4v) is 2.34. The molecule has 0 aliphatic heterocycles. The smallest absolute Gasteiger partial charge is 0.251 e. The predicted molar refractivity (Wildman–Crippen MR) is 97.0 cm³/mol. The molecule has 0 saturated heterocycles. The van der Waals surface area contributed by atoms with Gasteiger partial charge in [-0.05, 0) is 50.0 Å². The lowest BCUT2D eigenvalue weighted by Gasteiger charge is -2.22. The van der Waals surface area contributed by atoms with Crippen LogP contribution in [0.4, 0.5) is 0 Å². The monoisotopic (exact) mass is 341 g/mol. The summed E-state index contributed by atoms with van der Waals surface area (Å²) in [5.41, 5.74) is 1.43. The van der Waals surface area contributed by atoms with Gasteiger partial charge in [-0.2, -0.15) is 0 Å². The second kappa shape index (κ2) is 8.84. The Labute approximate surface area is 147 Å². The number of furan rings is 1. The largest absolute Gasteiger partial charge is 0.468 e. The summed E-state index contributed by atoms with van der Waals surface area (Å²) in [6.07, 6.45) is 4.81. The Morgan fingerprint density at radius 1 is 1.20 bits per heavy atom. The molecule has 0 aliphatic rings. The number of likely N-dealkylation sites (N-methyl/N-ethyl adjacent to an activating group) is 1. The van der Waals surface area contributed by atoms with E-state index >= 15 is 0 Å². The number of carbonyl (C=O) groups is 2. The van der Waals surface area contributed by atoms with E-state index in [9.17, 15) is 9.59 Å². The lowest BCUT2D eigenvalue weighted by Crippen LogP contribution is -2.33. The number of nitrogens with zero attached hydrogens (tertiary/aromatic N) is 1. The molecule has 6 nitrogen and oxygen atoms in total. The maximum Gasteiger partial charge on any atom is 0.251 e. The van der Waals surface area contributed by atoms with E-state index in [-0.39, 0.29) is 17.9 Å². The minimum absolute atomic E-state index is 0.0285. The number of amides is 2. The molecule has 0 spiro atoms. The van der Waals surface area contributed by atoms with E-state index in [4.69, 9.17) is 4.42 Å². The van der Waals surface area contributed by atoms with Crippen LogP contribution in [0.25, 0.3) is 6.08 Å². The molecule has 0 unspecified atom stereocenters. The molecule has 0 radical (unpaired) electrons. The SMILES string of the molecule is CNC(=O)c1ccc(/C=C\C(=O)NC[C@H](c2ccco2)N(C)C)cc1. The van der Waals surface area contributed by atoms with Gasteiger partial charge in [0.2, 0.25) is 5.91 Å². The minimum atomic E-state index is -0.186. The van der Waals surface area contributed by atoms with Gasteiger partial charge in [0, 0.05) is 25.2 Å². The molecule has 0 saturated carbocycles. The number of rotatable bonds is 7. The molecule has 0 fully saturated rings. The fourth-order valence-electron chi connectivity index (χ4n) is 2.34. The van der Waals surface area contributed by atoms with E-state index in [1.54, 1.807) is 43.7 Å². The summed E-state index contributed by atoms with van der Waals surface area (Å²) in [4.78, 5) is 25.5. The number of benzene rings is 1. The van der Waals surface area contributed by atoms with E-state index in [1.807, 2.05) is 31.1 Å². The number of nitrogens with one attached hydrogen (secondary N) is 2. The molecule has 1 atom stereocenters. The Kier molecular flexibility index (Phi) is 6.54. The average Bonchev–Trinajstić information content (AvgIpc) is 3.14. The van der Waals surface area contributed by atoms with Crippen LogP contribution in [-0.2, 0) is 4.79 Å². The van der Waals surface area contributed by atoms with Crippen molar-refractivity contribution >= 4 is 17.9 Å². The van der Waals surface area contributed by atoms with Crippen LogP contribution in [-0.4, -0.2) is 44.4 Å². The number of carbonyl (C=O) groups excluding carboxylic acids is 2. The first-order valence-corrected chi connectivity index (χ1v) is 7.99. The normalized spacial score (nSPS) is 12.3. The van der Waals surface area contributed by atoms with Crippen LogP contribution in [0.5, 0.6) is 0 Å².